The van der Waals surface area contributed by atoms with Gasteiger partial charge in [0.05, 0.1) is 11.2 Å². The molecule has 0 saturated carbocycles. The van der Waals surface area contributed by atoms with Gasteiger partial charge in [0.2, 0.25) is 0 Å². The van der Waals surface area contributed by atoms with Gasteiger partial charge in [0, 0.05) is 27.9 Å². The van der Waals surface area contributed by atoms with Crippen molar-refractivity contribution in [1.82, 2.24) is 14.5 Å². The van der Waals surface area contributed by atoms with Gasteiger partial charge in [0.15, 0.2) is 6.29 Å². The van der Waals surface area contributed by atoms with Crippen molar-refractivity contribution in [3.63, 3.8) is 0 Å². The topological polar surface area (TPSA) is 58.4 Å². The first-order chi connectivity index (χ1) is 11.9. The van der Waals surface area contributed by atoms with Crippen molar-refractivity contribution in [1.29, 1.82) is 0 Å². The van der Waals surface area contributed by atoms with Gasteiger partial charge >= 0.3 is 0 Å². The quantitative estimate of drug-likeness (QED) is 0.167. The van der Waals surface area contributed by atoms with Crippen molar-refractivity contribution in [3.8, 4) is 0 Å². The maximum atomic E-state index is 5.99. The summed E-state index contributed by atoms with van der Waals surface area (Å²) in [6.45, 7) is 13.3. The van der Waals surface area contributed by atoms with Crippen LogP contribution in [-0.4, -0.2) is 42.4 Å². The minimum atomic E-state index is -1.11. The minimum absolute atomic E-state index is 0.430. The molecule has 0 unspecified atom stereocenters. The van der Waals surface area contributed by atoms with Crippen LogP contribution in [0.15, 0.2) is 12.4 Å². The molecule has 0 amide bonds. The van der Waals surface area contributed by atoms with Crippen molar-refractivity contribution in [3.05, 3.63) is 21.8 Å². The third-order valence-electron chi connectivity index (χ3n) is 3.77. The molecule has 2 heterocycles. The Balaban J connectivity index is 2.31. The molecule has 0 atom stereocenters. The lowest BCUT2D eigenvalue weighted by atomic mass is 10.4. The maximum Gasteiger partial charge on any atom is 0.199 e. The highest BCUT2D eigenvalue weighted by Crippen LogP contribution is 2.28. The van der Waals surface area contributed by atoms with Gasteiger partial charge < -0.3 is 18.8 Å². The van der Waals surface area contributed by atoms with E-state index in [2.05, 4.69) is 56.8 Å². The number of hydrogen-bond donors (Lipinski definition) is 0. The molecule has 2 rings (SSSR count). The van der Waals surface area contributed by atoms with E-state index in [4.69, 9.17) is 14.2 Å². The summed E-state index contributed by atoms with van der Waals surface area (Å²) in [7, 11) is -1.11. The van der Waals surface area contributed by atoms with E-state index >= 15 is 0 Å². The molecule has 0 radical (unpaired) electrons. The Bertz CT molecular complexity index is 682. The minimum Gasteiger partial charge on any atom is -0.361 e. The Kier molecular flexibility index (Phi) is 7.81. The lowest BCUT2D eigenvalue weighted by molar-refractivity contribution is -0.145. The molecule has 6 nitrogen and oxygen atoms in total. The van der Waals surface area contributed by atoms with Crippen LogP contribution in [0.5, 0.6) is 0 Å². The Hall–Kier alpha value is -0.553. The molecule has 0 bridgehead atoms. The molecule has 0 N–H and O–H groups in total. The van der Waals surface area contributed by atoms with Gasteiger partial charge in [0.1, 0.15) is 22.3 Å². The molecule has 0 aliphatic carbocycles. The van der Waals surface area contributed by atoms with Crippen molar-refractivity contribution in [2.45, 2.75) is 52.6 Å². The van der Waals surface area contributed by atoms with Gasteiger partial charge in [-0.25, -0.2) is 9.97 Å². The van der Waals surface area contributed by atoms with E-state index in [9.17, 15) is 0 Å². The van der Waals surface area contributed by atoms with E-state index in [0.29, 0.717) is 19.9 Å². The van der Waals surface area contributed by atoms with Crippen LogP contribution in [0.3, 0.4) is 0 Å². The van der Waals surface area contributed by atoms with Crippen molar-refractivity contribution in [2.75, 3.05) is 19.8 Å². The predicted octanol–water partition coefficient (Wildman–Crippen LogP) is 4.42. The average molecular weight is 477 g/mol. The molecule has 0 fully saturated rings. The molecule has 140 valence electrons. The zero-order valence-corrected chi connectivity index (χ0v) is 18.9. The van der Waals surface area contributed by atoms with E-state index in [-0.39, 0.29) is 0 Å². The molecule has 25 heavy (non-hydrogen) atoms. The summed E-state index contributed by atoms with van der Waals surface area (Å²) < 4.78 is 20.6. The van der Waals surface area contributed by atoms with Crippen molar-refractivity contribution < 1.29 is 14.2 Å². The van der Waals surface area contributed by atoms with Gasteiger partial charge in [-0.2, -0.15) is 0 Å². The normalized spacial score (nSPS) is 12.4. The van der Waals surface area contributed by atoms with Crippen LogP contribution in [0.1, 0.15) is 25.8 Å². The number of nitrogens with zero attached hydrogens (tertiary/aromatic N) is 3. The molecule has 2 aromatic rings. The number of aromatic nitrogens is 3. The standard InChI is InChI=1S/C17H28IN3O3Si/c1-6-23-17(24-7-2)14-10-13-15(16(18)20-11-19-13)21(14)12-22-8-9-25(3,4)5/h10-11,17H,6-9,12H2,1-5H3. The molecule has 0 aromatic carbocycles. The molecule has 8 heteroatoms. The maximum absolute atomic E-state index is 5.99. The second-order valence-electron chi connectivity index (χ2n) is 6.99. The summed E-state index contributed by atoms with van der Waals surface area (Å²) in [6, 6.07) is 3.15. The molecule has 2 aromatic heterocycles. The summed E-state index contributed by atoms with van der Waals surface area (Å²) in [6.07, 6.45) is 1.15. The predicted molar refractivity (Wildman–Crippen MR) is 110 cm³/mol. The number of hydrogen-bond acceptors (Lipinski definition) is 5. The van der Waals surface area contributed by atoms with Gasteiger partial charge in [-0.3, -0.25) is 0 Å². The Morgan fingerprint density at radius 3 is 2.44 bits per heavy atom. The SMILES string of the molecule is CCOC(OCC)c1cc2ncnc(I)c2n1COCC[Si](C)(C)C. The number of ether oxygens (including phenoxy) is 3. The van der Waals surface area contributed by atoms with Gasteiger partial charge in [-0.05, 0) is 48.5 Å². The smallest absolute Gasteiger partial charge is 0.199 e. The summed E-state index contributed by atoms with van der Waals surface area (Å²) in [5.74, 6) is 0. The Morgan fingerprint density at radius 2 is 1.84 bits per heavy atom. The van der Waals surface area contributed by atoms with Crippen LogP contribution >= 0.6 is 22.6 Å². The van der Waals surface area contributed by atoms with E-state index in [1.165, 1.54) is 0 Å². The number of halogens is 1. The van der Waals surface area contributed by atoms with E-state index in [1.807, 2.05) is 19.9 Å². The zero-order valence-electron chi connectivity index (χ0n) is 15.7. The molecular formula is C17H28IN3O3Si. The van der Waals surface area contributed by atoms with Crippen LogP contribution in [0.2, 0.25) is 25.7 Å². The first-order valence-electron chi connectivity index (χ1n) is 8.68. The second kappa shape index (κ2) is 9.40. The third kappa shape index (κ3) is 5.71. The summed E-state index contributed by atoms with van der Waals surface area (Å²) in [5.41, 5.74) is 2.77. The van der Waals surface area contributed by atoms with Crippen LogP contribution < -0.4 is 0 Å². The van der Waals surface area contributed by atoms with E-state index < -0.39 is 14.4 Å². The van der Waals surface area contributed by atoms with Gasteiger partial charge in [-0.1, -0.05) is 19.6 Å². The molecular weight excluding hydrogens is 449 g/mol. The molecule has 0 spiro atoms. The highest BCUT2D eigenvalue weighted by atomic mass is 127. The van der Waals surface area contributed by atoms with Crippen molar-refractivity contribution >= 4 is 41.7 Å². The molecule has 0 saturated heterocycles. The highest BCUT2D eigenvalue weighted by Gasteiger charge is 2.22. The van der Waals surface area contributed by atoms with Crippen LogP contribution in [0.25, 0.3) is 11.0 Å². The second-order valence-corrected chi connectivity index (χ2v) is 13.6. The summed E-state index contributed by atoms with van der Waals surface area (Å²) in [5, 5.41) is 0. The first kappa shape index (κ1) is 20.8. The average Bonchev–Trinajstić information content (AvgIpc) is 2.90. The fourth-order valence-corrected chi connectivity index (χ4v) is 3.91. The lowest BCUT2D eigenvalue weighted by Crippen LogP contribution is -2.22. The Morgan fingerprint density at radius 1 is 1.16 bits per heavy atom. The Labute approximate surface area is 164 Å². The summed E-state index contributed by atoms with van der Waals surface area (Å²) in [4.78, 5) is 8.72. The molecule has 0 aliphatic rings. The van der Waals surface area contributed by atoms with Crippen LogP contribution in [-0.2, 0) is 20.9 Å². The number of fused-ring (bicyclic) bond motifs is 1. The molecule has 0 aliphatic heterocycles. The highest BCUT2D eigenvalue weighted by molar-refractivity contribution is 14.1. The first-order valence-corrected chi connectivity index (χ1v) is 13.5. The van der Waals surface area contributed by atoms with Crippen LogP contribution in [0, 0.1) is 3.70 Å². The van der Waals surface area contributed by atoms with E-state index in [1.54, 1.807) is 6.33 Å². The van der Waals surface area contributed by atoms with Crippen LogP contribution in [0.4, 0.5) is 0 Å². The zero-order chi connectivity index (χ0) is 18.4. The third-order valence-corrected chi connectivity index (χ3v) is 6.26. The lowest BCUT2D eigenvalue weighted by Gasteiger charge is -2.21. The fourth-order valence-electron chi connectivity index (χ4n) is 2.46. The van der Waals surface area contributed by atoms with Gasteiger partial charge in [-0.15, -0.1) is 0 Å². The number of rotatable bonds is 10. The largest absolute Gasteiger partial charge is 0.361 e. The monoisotopic (exact) mass is 477 g/mol. The van der Waals surface area contributed by atoms with Gasteiger partial charge in [0.25, 0.3) is 0 Å². The van der Waals surface area contributed by atoms with Crippen molar-refractivity contribution in [2.24, 2.45) is 0 Å². The fraction of sp³-hybridized carbons (Fsp3) is 0.647. The van der Waals surface area contributed by atoms with E-state index in [0.717, 1.165) is 33.1 Å². The summed E-state index contributed by atoms with van der Waals surface area (Å²) >= 11 is 2.23.